The number of hydrogen-bond acceptors (Lipinski definition) is 3. The average Bonchev–Trinajstić information content (AvgIpc) is 3.12. The number of halogens is 1. The maximum absolute atomic E-state index is 12.1. The van der Waals surface area contributed by atoms with E-state index in [4.69, 9.17) is 0 Å². The standard InChI is InChI=1S/C12H15N5.C7H7F/c1-13-12-5-4-10(16-17-12)8-2-3-11-9(6-8)7-14-15-11;1-6-2-4-7(8)5-3-6/h6-7H,2-5H2,1H3,(H,13,17)(H,14,15);2-5H,1H3. The number of H-pyrrole nitrogens is 1. The fourth-order valence-corrected chi connectivity index (χ4v) is 2.80. The van der Waals surface area contributed by atoms with Crippen molar-refractivity contribution in [3.63, 3.8) is 0 Å². The number of aliphatic imine (C=N–C) groups is 1. The smallest absolute Gasteiger partial charge is 0.123 e. The molecule has 1 aliphatic carbocycles. The van der Waals surface area contributed by atoms with Crippen molar-refractivity contribution >= 4 is 17.6 Å². The molecule has 1 aliphatic heterocycles. The molecule has 0 spiro atoms. The Labute approximate surface area is 146 Å². The zero-order valence-electron chi connectivity index (χ0n) is 14.5. The van der Waals surface area contributed by atoms with Crippen molar-refractivity contribution in [2.75, 3.05) is 7.05 Å². The molecule has 2 heterocycles. The van der Waals surface area contributed by atoms with E-state index in [1.165, 1.54) is 29.0 Å². The van der Waals surface area contributed by atoms with Gasteiger partial charge in [-0.3, -0.25) is 15.5 Å². The first-order valence-corrected chi connectivity index (χ1v) is 8.39. The molecule has 1 aromatic carbocycles. The molecule has 1 aromatic heterocycles. The van der Waals surface area contributed by atoms with Crippen molar-refractivity contribution in [3.8, 4) is 0 Å². The quantitative estimate of drug-likeness (QED) is 0.833. The summed E-state index contributed by atoms with van der Waals surface area (Å²) in [6.45, 7) is 1.93. The van der Waals surface area contributed by atoms with Crippen LogP contribution in [0.5, 0.6) is 0 Å². The molecule has 4 rings (SSSR count). The molecule has 0 amide bonds. The van der Waals surface area contributed by atoms with E-state index in [2.05, 4.69) is 31.8 Å². The number of benzene rings is 1. The van der Waals surface area contributed by atoms with Crippen LogP contribution in [0.25, 0.3) is 6.08 Å². The van der Waals surface area contributed by atoms with Crippen LogP contribution in [0.2, 0.25) is 0 Å². The maximum atomic E-state index is 12.1. The van der Waals surface area contributed by atoms with Crippen molar-refractivity contribution in [3.05, 3.63) is 58.7 Å². The Kier molecular flexibility index (Phi) is 5.38. The lowest BCUT2D eigenvalue weighted by Crippen LogP contribution is -2.27. The normalized spacial score (nSPS) is 17.6. The van der Waals surface area contributed by atoms with E-state index < -0.39 is 0 Å². The first-order chi connectivity index (χ1) is 12.2. The van der Waals surface area contributed by atoms with Crippen molar-refractivity contribution in [1.29, 1.82) is 0 Å². The number of amidine groups is 1. The van der Waals surface area contributed by atoms with Crippen molar-refractivity contribution < 1.29 is 4.39 Å². The molecule has 6 heteroatoms. The van der Waals surface area contributed by atoms with E-state index in [1.807, 2.05) is 13.1 Å². The molecule has 5 nitrogen and oxygen atoms in total. The lowest BCUT2D eigenvalue weighted by molar-refractivity contribution is 0.627. The molecule has 25 heavy (non-hydrogen) atoms. The number of aromatic nitrogens is 2. The van der Waals surface area contributed by atoms with Crippen LogP contribution in [0.3, 0.4) is 0 Å². The van der Waals surface area contributed by atoms with Gasteiger partial charge in [-0.1, -0.05) is 17.7 Å². The molecule has 0 saturated heterocycles. The second-order valence-electron chi connectivity index (χ2n) is 6.11. The Morgan fingerprint density at radius 3 is 2.52 bits per heavy atom. The number of aromatic amines is 1. The summed E-state index contributed by atoms with van der Waals surface area (Å²) >= 11 is 0. The molecule has 0 atom stereocenters. The van der Waals surface area contributed by atoms with Crippen LogP contribution >= 0.6 is 0 Å². The second kappa shape index (κ2) is 7.88. The topological polar surface area (TPSA) is 65.4 Å². The van der Waals surface area contributed by atoms with Crippen LogP contribution in [0.15, 0.2) is 46.1 Å². The van der Waals surface area contributed by atoms with Gasteiger partial charge in [-0.2, -0.15) is 10.2 Å². The Morgan fingerprint density at radius 1 is 1.08 bits per heavy atom. The Balaban J connectivity index is 0.000000192. The third-order valence-electron chi connectivity index (χ3n) is 4.30. The average molecular weight is 339 g/mol. The van der Waals surface area contributed by atoms with Crippen LogP contribution in [-0.2, 0) is 6.42 Å². The van der Waals surface area contributed by atoms with Crippen LogP contribution in [0, 0.1) is 12.7 Å². The van der Waals surface area contributed by atoms with Crippen molar-refractivity contribution in [2.45, 2.75) is 32.6 Å². The zero-order valence-corrected chi connectivity index (χ0v) is 14.5. The highest BCUT2D eigenvalue weighted by Gasteiger charge is 2.18. The molecule has 0 saturated carbocycles. The van der Waals surface area contributed by atoms with E-state index in [9.17, 15) is 4.39 Å². The van der Waals surface area contributed by atoms with Gasteiger partial charge in [-0.05, 0) is 50.0 Å². The molecule has 0 bridgehead atoms. The molecular formula is C19H22FN5. The Morgan fingerprint density at radius 2 is 1.88 bits per heavy atom. The van der Waals surface area contributed by atoms with Crippen LogP contribution in [-0.4, -0.2) is 28.8 Å². The predicted octanol–water partition coefficient (Wildman–Crippen LogP) is 3.64. The third-order valence-corrected chi connectivity index (χ3v) is 4.30. The molecule has 2 N–H and O–H groups in total. The summed E-state index contributed by atoms with van der Waals surface area (Å²) < 4.78 is 12.1. The Bertz CT molecular complexity index is 794. The number of hydrazone groups is 1. The van der Waals surface area contributed by atoms with Crippen LogP contribution < -0.4 is 5.43 Å². The summed E-state index contributed by atoms with van der Waals surface area (Å²) in [5, 5.41) is 11.5. The number of fused-ring (bicyclic) bond motifs is 1. The molecule has 0 fully saturated rings. The minimum atomic E-state index is -0.171. The largest absolute Gasteiger partial charge is 0.282 e. The lowest BCUT2D eigenvalue weighted by atomic mass is 9.92. The van der Waals surface area contributed by atoms with Gasteiger partial charge < -0.3 is 0 Å². The maximum Gasteiger partial charge on any atom is 0.123 e. The fourth-order valence-electron chi connectivity index (χ4n) is 2.80. The number of hydrogen-bond donors (Lipinski definition) is 2. The first kappa shape index (κ1) is 17.1. The van der Waals surface area contributed by atoms with E-state index in [1.54, 1.807) is 19.2 Å². The van der Waals surface area contributed by atoms with Gasteiger partial charge in [-0.15, -0.1) is 0 Å². The number of allylic oxidation sites excluding steroid dienone is 1. The molecule has 0 radical (unpaired) electrons. The SMILES string of the molecule is CN=C1CCC(C2=Cc3cn[nH]c3CC2)=NN1.Cc1ccc(F)cc1. The first-order valence-electron chi connectivity index (χ1n) is 8.39. The summed E-state index contributed by atoms with van der Waals surface area (Å²) in [4.78, 5) is 4.12. The van der Waals surface area contributed by atoms with Gasteiger partial charge in [0.25, 0.3) is 0 Å². The number of rotatable bonds is 1. The number of nitrogens with zero attached hydrogens (tertiary/aromatic N) is 3. The van der Waals surface area contributed by atoms with Crippen molar-refractivity contribution in [1.82, 2.24) is 15.6 Å². The summed E-state index contributed by atoms with van der Waals surface area (Å²) in [7, 11) is 1.79. The molecular weight excluding hydrogens is 317 g/mol. The summed E-state index contributed by atoms with van der Waals surface area (Å²) in [6.07, 6.45) is 8.05. The van der Waals surface area contributed by atoms with E-state index in [0.717, 1.165) is 42.8 Å². The lowest BCUT2D eigenvalue weighted by Gasteiger charge is -2.19. The van der Waals surface area contributed by atoms with E-state index >= 15 is 0 Å². The molecule has 0 unspecified atom stereocenters. The highest BCUT2D eigenvalue weighted by molar-refractivity contribution is 6.07. The van der Waals surface area contributed by atoms with Crippen LogP contribution in [0.1, 0.15) is 36.1 Å². The second-order valence-corrected chi connectivity index (χ2v) is 6.11. The minimum absolute atomic E-state index is 0.171. The van der Waals surface area contributed by atoms with E-state index in [-0.39, 0.29) is 5.82 Å². The van der Waals surface area contributed by atoms with Gasteiger partial charge in [0.1, 0.15) is 11.7 Å². The highest BCUT2D eigenvalue weighted by Crippen LogP contribution is 2.24. The van der Waals surface area contributed by atoms with Gasteiger partial charge in [0.05, 0.1) is 11.9 Å². The minimum Gasteiger partial charge on any atom is -0.282 e. The van der Waals surface area contributed by atoms with Gasteiger partial charge in [0, 0.05) is 24.7 Å². The number of nitrogens with one attached hydrogen (secondary N) is 2. The zero-order chi connectivity index (χ0) is 17.6. The summed E-state index contributed by atoms with van der Waals surface area (Å²) in [5.41, 5.74) is 9.00. The van der Waals surface area contributed by atoms with Crippen LogP contribution in [0.4, 0.5) is 4.39 Å². The number of aryl methyl sites for hydroxylation is 2. The monoisotopic (exact) mass is 339 g/mol. The fraction of sp³-hybridized carbons (Fsp3) is 0.316. The van der Waals surface area contributed by atoms with Gasteiger partial charge in [0.15, 0.2) is 0 Å². The van der Waals surface area contributed by atoms with Gasteiger partial charge in [0.2, 0.25) is 0 Å². The summed E-state index contributed by atoms with van der Waals surface area (Å²) in [5.74, 6) is 0.796. The third kappa shape index (κ3) is 4.41. The van der Waals surface area contributed by atoms with Gasteiger partial charge in [-0.25, -0.2) is 4.39 Å². The predicted molar refractivity (Wildman–Crippen MR) is 99.2 cm³/mol. The molecule has 2 aliphatic rings. The molecule has 2 aromatic rings. The summed E-state index contributed by atoms with van der Waals surface area (Å²) in [6, 6.07) is 6.40. The van der Waals surface area contributed by atoms with Gasteiger partial charge >= 0.3 is 0 Å². The highest BCUT2D eigenvalue weighted by atomic mass is 19.1. The van der Waals surface area contributed by atoms with E-state index in [0.29, 0.717) is 0 Å². The molecule has 130 valence electrons. The Hall–Kier alpha value is -2.76. The van der Waals surface area contributed by atoms with Crippen molar-refractivity contribution in [2.24, 2.45) is 10.1 Å².